The number of carbonyl (C=O) groups is 2. The molecule has 3 aromatic carbocycles. The maximum absolute atomic E-state index is 13.8. The molecule has 0 aliphatic carbocycles. The first-order valence-electron chi connectivity index (χ1n) is 11.0. The van der Waals surface area contributed by atoms with E-state index in [0.717, 1.165) is 23.0 Å². The molecule has 0 saturated heterocycles. The quantitative estimate of drug-likeness (QED) is 0.176. The van der Waals surface area contributed by atoms with Crippen molar-refractivity contribution in [2.45, 2.75) is 6.42 Å². The van der Waals surface area contributed by atoms with Crippen LogP contribution in [0.5, 0.6) is 11.5 Å². The van der Waals surface area contributed by atoms with Gasteiger partial charge in [-0.15, -0.1) is 0 Å². The standard InChI is InChI=1S/C27H25N3O5S.Na/c1-30(2)19-9-5-16(6-10-19)13-20(26(31)18-8-12-23(34-3)24(15-18)35-4)25(27(32)33)17-7-11-21-22(14-17)29-36-28-21;/h5-12,14-15H,13H2,1-4H3,(H,32,33);/q;+1/p-1. The second-order valence-corrected chi connectivity index (χ2v) is 8.77. The Kier molecular flexibility index (Phi) is 9.45. The van der Waals surface area contributed by atoms with Gasteiger partial charge in [0.25, 0.3) is 0 Å². The number of hydrogen-bond acceptors (Lipinski definition) is 9. The number of rotatable bonds is 9. The molecule has 1 heterocycles. The molecule has 0 atom stereocenters. The summed E-state index contributed by atoms with van der Waals surface area (Å²) < 4.78 is 19.0. The number of allylic oxidation sites excluding steroid dienone is 1. The fourth-order valence-electron chi connectivity index (χ4n) is 3.90. The Bertz CT molecular complexity index is 1460. The summed E-state index contributed by atoms with van der Waals surface area (Å²) in [6, 6.07) is 17.2. The van der Waals surface area contributed by atoms with Crippen molar-refractivity contribution in [2.75, 3.05) is 33.2 Å². The van der Waals surface area contributed by atoms with Crippen molar-refractivity contribution >= 4 is 45.8 Å². The van der Waals surface area contributed by atoms with E-state index in [0.29, 0.717) is 28.1 Å². The van der Waals surface area contributed by atoms with Crippen molar-refractivity contribution in [1.82, 2.24) is 8.75 Å². The van der Waals surface area contributed by atoms with Crippen LogP contribution in [0, 0.1) is 0 Å². The van der Waals surface area contributed by atoms with E-state index in [1.165, 1.54) is 20.3 Å². The van der Waals surface area contributed by atoms with Gasteiger partial charge in [-0.3, -0.25) is 4.79 Å². The van der Waals surface area contributed by atoms with Crippen LogP contribution in [0.1, 0.15) is 21.5 Å². The Morgan fingerprint density at radius 3 is 2.14 bits per heavy atom. The molecule has 4 rings (SSSR count). The molecule has 184 valence electrons. The Balaban J connectivity index is 0.00000380. The topological polar surface area (TPSA) is 105 Å². The zero-order chi connectivity index (χ0) is 25.8. The third-order valence-electron chi connectivity index (χ3n) is 5.80. The van der Waals surface area contributed by atoms with Crippen molar-refractivity contribution in [2.24, 2.45) is 0 Å². The third kappa shape index (κ3) is 6.19. The van der Waals surface area contributed by atoms with Gasteiger partial charge in [0, 0.05) is 42.9 Å². The first kappa shape index (κ1) is 28.3. The molecule has 0 N–H and O–H groups in total. The minimum Gasteiger partial charge on any atom is -0.545 e. The smallest absolute Gasteiger partial charge is 0.545 e. The van der Waals surface area contributed by atoms with Crippen LogP contribution in [0.3, 0.4) is 0 Å². The van der Waals surface area contributed by atoms with Crippen LogP contribution in [0.15, 0.2) is 66.2 Å². The number of carboxylic acids is 1. The number of fused-ring (bicyclic) bond motifs is 1. The van der Waals surface area contributed by atoms with E-state index in [1.807, 2.05) is 43.3 Å². The van der Waals surface area contributed by atoms with Gasteiger partial charge in [0.1, 0.15) is 11.0 Å². The van der Waals surface area contributed by atoms with Crippen LogP contribution in [0.4, 0.5) is 5.69 Å². The summed E-state index contributed by atoms with van der Waals surface area (Å²) >= 11 is 1.03. The van der Waals surface area contributed by atoms with Crippen LogP contribution in [-0.4, -0.2) is 48.8 Å². The summed E-state index contributed by atoms with van der Waals surface area (Å²) in [5.74, 6) is -1.09. The Hall–Kier alpha value is -3.24. The Morgan fingerprint density at radius 2 is 1.51 bits per heavy atom. The van der Waals surface area contributed by atoms with Gasteiger partial charge >= 0.3 is 29.6 Å². The average molecular weight is 526 g/mol. The monoisotopic (exact) mass is 525 g/mol. The Labute approximate surface area is 241 Å². The maximum Gasteiger partial charge on any atom is 1.00 e. The second-order valence-electron chi connectivity index (χ2n) is 8.25. The van der Waals surface area contributed by atoms with Crippen molar-refractivity contribution in [3.63, 3.8) is 0 Å². The summed E-state index contributed by atoms with van der Waals surface area (Å²) in [5, 5.41) is 12.5. The number of carbonyl (C=O) groups excluding carboxylic acids is 2. The van der Waals surface area contributed by atoms with Crippen LogP contribution >= 0.6 is 11.7 Å². The molecule has 8 nitrogen and oxygen atoms in total. The normalized spacial score (nSPS) is 11.4. The molecule has 0 fully saturated rings. The molecule has 0 radical (unpaired) electrons. The predicted molar refractivity (Wildman–Crippen MR) is 138 cm³/mol. The van der Waals surface area contributed by atoms with Crippen LogP contribution in [-0.2, 0) is 11.2 Å². The summed E-state index contributed by atoms with van der Waals surface area (Å²) in [6.07, 6.45) is 0.0809. The summed E-state index contributed by atoms with van der Waals surface area (Å²) in [6.45, 7) is 0. The molecule has 0 bridgehead atoms. The van der Waals surface area contributed by atoms with Gasteiger partial charge in [0.05, 0.1) is 31.9 Å². The molecule has 0 aliphatic rings. The van der Waals surface area contributed by atoms with E-state index in [-0.39, 0.29) is 52.7 Å². The third-order valence-corrected chi connectivity index (χ3v) is 6.36. The minimum atomic E-state index is -1.45. The molecule has 0 saturated carbocycles. The predicted octanol–water partition coefficient (Wildman–Crippen LogP) is 0.408. The number of anilines is 1. The zero-order valence-corrected chi connectivity index (χ0v) is 24.1. The van der Waals surface area contributed by atoms with Crippen LogP contribution in [0.25, 0.3) is 16.6 Å². The molecular weight excluding hydrogens is 501 g/mol. The number of carboxylic acid groups (broad SMARTS) is 1. The summed E-state index contributed by atoms with van der Waals surface area (Å²) in [7, 11) is 6.83. The molecule has 0 spiro atoms. The number of aromatic nitrogens is 2. The molecular formula is C27H24N3NaO5S. The van der Waals surface area contributed by atoms with Gasteiger partial charge in [0.2, 0.25) is 0 Å². The van der Waals surface area contributed by atoms with E-state index < -0.39 is 11.8 Å². The van der Waals surface area contributed by atoms with Crippen molar-refractivity contribution in [3.05, 3.63) is 82.9 Å². The van der Waals surface area contributed by atoms with Gasteiger partial charge in [-0.25, -0.2) is 0 Å². The van der Waals surface area contributed by atoms with Gasteiger partial charge in [-0.1, -0.05) is 18.2 Å². The minimum absolute atomic E-state index is 0. The molecule has 0 amide bonds. The van der Waals surface area contributed by atoms with Gasteiger partial charge in [-0.05, 0) is 53.6 Å². The first-order chi connectivity index (χ1) is 17.3. The average Bonchev–Trinajstić information content (AvgIpc) is 3.35. The van der Waals surface area contributed by atoms with E-state index in [9.17, 15) is 14.7 Å². The molecule has 4 aromatic rings. The molecule has 37 heavy (non-hydrogen) atoms. The van der Waals surface area contributed by atoms with Crippen LogP contribution < -0.4 is 49.0 Å². The number of ketones is 1. The number of ether oxygens (including phenoxy) is 2. The SMILES string of the molecule is COc1ccc(C(=O)C(Cc2ccc(N(C)C)cc2)=C(C(=O)[O-])c2ccc3nsnc3c2)cc1OC.[Na+]. The summed E-state index contributed by atoms with van der Waals surface area (Å²) in [4.78, 5) is 28.3. The van der Waals surface area contributed by atoms with Crippen molar-refractivity contribution in [1.29, 1.82) is 0 Å². The van der Waals surface area contributed by atoms with E-state index in [1.54, 1.807) is 30.3 Å². The largest absolute Gasteiger partial charge is 1.00 e. The number of hydrogen-bond donors (Lipinski definition) is 0. The fourth-order valence-corrected chi connectivity index (χ4v) is 4.42. The van der Waals surface area contributed by atoms with E-state index >= 15 is 0 Å². The molecule has 0 unspecified atom stereocenters. The van der Waals surface area contributed by atoms with E-state index in [2.05, 4.69) is 8.75 Å². The van der Waals surface area contributed by atoms with Gasteiger partial charge in [-0.2, -0.15) is 8.75 Å². The molecule has 0 aliphatic heterocycles. The maximum atomic E-state index is 13.8. The fraction of sp³-hybridized carbons (Fsp3) is 0.185. The Morgan fingerprint density at radius 1 is 0.865 bits per heavy atom. The number of nitrogens with zero attached hydrogens (tertiary/aromatic N) is 3. The molecule has 10 heteroatoms. The number of Topliss-reactive ketones (excluding diaryl/α,β-unsaturated/α-hetero) is 1. The van der Waals surface area contributed by atoms with E-state index in [4.69, 9.17) is 9.47 Å². The van der Waals surface area contributed by atoms with Gasteiger partial charge in [0.15, 0.2) is 17.3 Å². The number of aliphatic carboxylic acids is 1. The van der Waals surface area contributed by atoms with Gasteiger partial charge < -0.3 is 24.3 Å². The zero-order valence-electron chi connectivity index (χ0n) is 21.3. The second kappa shape index (κ2) is 12.3. The van der Waals surface area contributed by atoms with Crippen molar-refractivity contribution in [3.8, 4) is 11.5 Å². The first-order valence-corrected chi connectivity index (χ1v) is 11.8. The van der Waals surface area contributed by atoms with Crippen molar-refractivity contribution < 1.29 is 53.7 Å². The number of benzene rings is 3. The molecule has 1 aromatic heterocycles. The summed E-state index contributed by atoms with van der Waals surface area (Å²) in [5.41, 5.74) is 3.44. The van der Waals surface area contributed by atoms with Crippen LogP contribution in [0.2, 0.25) is 0 Å². The number of methoxy groups -OCH3 is 2.